The Hall–Kier alpha value is -2.77. The van der Waals surface area contributed by atoms with Gasteiger partial charge in [0, 0.05) is 38.3 Å². The van der Waals surface area contributed by atoms with Crippen molar-refractivity contribution in [2.75, 3.05) is 13.1 Å². The van der Waals surface area contributed by atoms with E-state index >= 15 is 0 Å². The van der Waals surface area contributed by atoms with Crippen molar-refractivity contribution in [1.29, 1.82) is 0 Å². The van der Waals surface area contributed by atoms with E-state index in [4.69, 9.17) is 4.74 Å². The zero-order valence-electron chi connectivity index (χ0n) is 12.0. The molecular formula is C14H15N5O3. The quantitative estimate of drug-likeness (QED) is 0.784. The largest absolute Gasteiger partial charge is 0.471 e. The van der Waals surface area contributed by atoms with Gasteiger partial charge >= 0.3 is 0 Å². The van der Waals surface area contributed by atoms with Gasteiger partial charge in [-0.3, -0.25) is 9.59 Å². The standard InChI is InChI=1S/C14H15N5O3/c1-18-13(20)5-4-11(17-18)14(21)19-8-6-10(9-19)22-12-3-2-7-15-16-12/h2-5,7,10H,6,8-9H2,1H3/t10-/m1/s1. The number of aromatic nitrogens is 4. The summed E-state index contributed by atoms with van der Waals surface area (Å²) in [6, 6.07) is 6.26. The van der Waals surface area contributed by atoms with E-state index in [1.165, 1.54) is 19.2 Å². The zero-order valence-corrected chi connectivity index (χ0v) is 12.0. The van der Waals surface area contributed by atoms with Crippen LogP contribution >= 0.6 is 0 Å². The summed E-state index contributed by atoms with van der Waals surface area (Å²) in [5, 5.41) is 11.6. The summed E-state index contributed by atoms with van der Waals surface area (Å²) in [7, 11) is 1.52. The first-order chi connectivity index (χ1) is 10.6. The molecule has 8 nitrogen and oxygen atoms in total. The molecule has 1 amide bonds. The van der Waals surface area contributed by atoms with Crippen LogP contribution < -0.4 is 10.3 Å². The van der Waals surface area contributed by atoms with Gasteiger partial charge in [0.05, 0.1) is 6.54 Å². The topological polar surface area (TPSA) is 90.2 Å². The van der Waals surface area contributed by atoms with Crippen LogP contribution in [0.2, 0.25) is 0 Å². The van der Waals surface area contributed by atoms with Crippen LogP contribution in [-0.2, 0) is 7.05 Å². The first-order valence-corrected chi connectivity index (χ1v) is 6.91. The Bertz CT molecular complexity index is 731. The van der Waals surface area contributed by atoms with Crippen LogP contribution in [0.4, 0.5) is 0 Å². The number of aryl methyl sites for hydroxylation is 1. The second kappa shape index (κ2) is 5.92. The molecule has 0 bridgehead atoms. The van der Waals surface area contributed by atoms with Crippen LogP contribution in [0.3, 0.4) is 0 Å². The summed E-state index contributed by atoms with van der Waals surface area (Å²) in [4.78, 5) is 25.3. The maximum Gasteiger partial charge on any atom is 0.274 e. The zero-order chi connectivity index (χ0) is 15.5. The van der Waals surface area contributed by atoms with Gasteiger partial charge in [0.2, 0.25) is 5.88 Å². The SMILES string of the molecule is Cn1nc(C(=O)N2CC[C@@H](Oc3cccnn3)C2)ccc1=O. The second-order valence-corrected chi connectivity index (χ2v) is 5.02. The lowest BCUT2D eigenvalue weighted by molar-refractivity contribution is 0.0762. The van der Waals surface area contributed by atoms with Gasteiger partial charge in [-0.15, -0.1) is 5.10 Å². The van der Waals surface area contributed by atoms with Crippen molar-refractivity contribution in [3.05, 3.63) is 46.5 Å². The highest BCUT2D eigenvalue weighted by atomic mass is 16.5. The van der Waals surface area contributed by atoms with Crippen molar-refractivity contribution < 1.29 is 9.53 Å². The van der Waals surface area contributed by atoms with Crippen LogP contribution in [-0.4, -0.2) is 50.0 Å². The highest BCUT2D eigenvalue weighted by Crippen LogP contribution is 2.17. The molecule has 1 fully saturated rings. The van der Waals surface area contributed by atoms with Gasteiger partial charge in [-0.05, 0) is 12.1 Å². The van der Waals surface area contributed by atoms with E-state index < -0.39 is 0 Å². The Labute approximate surface area is 126 Å². The molecule has 3 rings (SSSR count). The predicted molar refractivity (Wildman–Crippen MR) is 76.4 cm³/mol. The lowest BCUT2D eigenvalue weighted by Gasteiger charge is -2.16. The molecule has 1 atom stereocenters. The fourth-order valence-corrected chi connectivity index (χ4v) is 2.31. The molecule has 1 aliphatic rings. The molecular weight excluding hydrogens is 286 g/mol. The highest BCUT2D eigenvalue weighted by molar-refractivity contribution is 5.92. The molecule has 0 unspecified atom stereocenters. The maximum atomic E-state index is 12.4. The summed E-state index contributed by atoms with van der Waals surface area (Å²) in [5.41, 5.74) is 0.00378. The molecule has 114 valence electrons. The van der Waals surface area contributed by atoms with Crippen molar-refractivity contribution in [2.45, 2.75) is 12.5 Å². The van der Waals surface area contributed by atoms with E-state index in [2.05, 4.69) is 15.3 Å². The normalized spacial score (nSPS) is 17.5. The number of carbonyl (C=O) groups excluding carboxylic acids is 1. The number of ether oxygens (including phenoxy) is 1. The first-order valence-electron chi connectivity index (χ1n) is 6.91. The molecule has 3 heterocycles. The van der Waals surface area contributed by atoms with Crippen LogP contribution in [0, 0.1) is 0 Å². The Morgan fingerprint density at radius 2 is 2.23 bits per heavy atom. The number of nitrogens with zero attached hydrogens (tertiary/aromatic N) is 5. The number of carbonyl (C=O) groups is 1. The first kappa shape index (κ1) is 14.2. The molecule has 0 saturated carbocycles. The van der Waals surface area contributed by atoms with Gasteiger partial charge < -0.3 is 9.64 Å². The lowest BCUT2D eigenvalue weighted by atomic mass is 10.3. The van der Waals surface area contributed by atoms with Crippen LogP contribution in [0.25, 0.3) is 0 Å². The van der Waals surface area contributed by atoms with Gasteiger partial charge in [-0.1, -0.05) is 0 Å². The van der Waals surface area contributed by atoms with Crippen molar-refractivity contribution in [3.63, 3.8) is 0 Å². The van der Waals surface area contributed by atoms with E-state index in [0.717, 1.165) is 4.68 Å². The lowest BCUT2D eigenvalue weighted by Crippen LogP contribution is -2.33. The third-order valence-electron chi connectivity index (χ3n) is 3.45. The minimum atomic E-state index is -0.248. The summed E-state index contributed by atoms with van der Waals surface area (Å²) < 4.78 is 6.84. The molecule has 8 heteroatoms. The number of hydrogen-bond donors (Lipinski definition) is 0. The van der Waals surface area contributed by atoms with Gasteiger partial charge in [-0.25, -0.2) is 4.68 Å². The van der Waals surface area contributed by atoms with E-state index in [-0.39, 0.29) is 23.3 Å². The highest BCUT2D eigenvalue weighted by Gasteiger charge is 2.29. The monoisotopic (exact) mass is 301 g/mol. The summed E-state index contributed by atoms with van der Waals surface area (Å²) in [5.74, 6) is 0.239. The van der Waals surface area contributed by atoms with Crippen LogP contribution in [0.15, 0.2) is 35.3 Å². The minimum Gasteiger partial charge on any atom is -0.471 e. The van der Waals surface area contributed by atoms with Gasteiger partial charge in [0.1, 0.15) is 11.8 Å². The van der Waals surface area contributed by atoms with Gasteiger partial charge in [0.25, 0.3) is 11.5 Å². The third-order valence-corrected chi connectivity index (χ3v) is 3.45. The van der Waals surface area contributed by atoms with Crippen molar-refractivity contribution in [2.24, 2.45) is 7.05 Å². The number of likely N-dealkylation sites (tertiary alicyclic amines) is 1. The molecule has 1 saturated heterocycles. The molecule has 0 aliphatic carbocycles. The third kappa shape index (κ3) is 2.95. The maximum absolute atomic E-state index is 12.4. The summed E-state index contributed by atoms with van der Waals surface area (Å²) in [6.07, 6.45) is 2.17. The van der Waals surface area contributed by atoms with Crippen molar-refractivity contribution in [3.8, 4) is 5.88 Å². The Kier molecular flexibility index (Phi) is 3.82. The number of hydrogen-bond acceptors (Lipinski definition) is 6. The molecule has 0 radical (unpaired) electrons. The van der Waals surface area contributed by atoms with Gasteiger partial charge in [0.15, 0.2) is 0 Å². The smallest absolute Gasteiger partial charge is 0.274 e. The fraction of sp³-hybridized carbons (Fsp3) is 0.357. The second-order valence-electron chi connectivity index (χ2n) is 5.02. The van der Waals surface area contributed by atoms with Gasteiger partial charge in [-0.2, -0.15) is 10.2 Å². The van der Waals surface area contributed by atoms with E-state index in [1.807, 2.05) is 0 Å². The minimum absolute atomic E-state index is 0.117. The Morgan fingerprint density at radius 1 is 1.36 bits per heavy atom. The number of amides is 1. The van der Waals surface area contributed by atoms with E-state index in [1.54, 1.807) is 23.2 Å². The molecule has 2 aromatic heterocycles. The molecule has 1 aliphatic heterocycles. The summed E-state index contributed by atoms with van der Waals surface area (Å²) >= 11 is 0. The number of rotatable bonds is 3. The molecule has 0 spiro atoms. The van der Waals surface area contributed by atoms with E-state index in [0.29, 0.717) is 25.4 Å². The Morgan fingerprint density at radius 3 is 2.95 bits per heavy atom. The molecule has 0 aromatic carbocycles. The molecule has 22 heavy (non-hydrogen) atoms. The van der Waals surface area contributed by atoms with Crippen LogP contribution in [0.1, 0.15) is 16.9 Å². The average molecular weight is 301 g/mol. The average Bonchev–Trinajstić information content (AvgIpc) is 2.99. The molecule has 2 aromatic rings. The van der Waals surface area contributed by atoms with Crippen molar-refractivity contribution in [1.82, 2.24) is 24.9 Å². The van der Waals surface area contributed by atoms with E-state index in [9.17, 15) is 9.59 Å². The van der Waals surface area contributed by atoms with Crippen LogP contribution in [0.5, 0.6) is 5.88 Å². The summed E-state index contributed by atoms with van der Waals surface area (Å²) in [6.45, 7) is 1.04. The fourth-order valence-electron chi connectivity index (χ4n) is 2.31. The predicted octanol–water partition coefficient (Wildman–Crippen LogP) is -0.136. The van der Waals surface area contributed by atoms with Crippen molar-refractivity contribution >= 4 is 5.91 Å². The molecule has 0 N–H and O–H groups in total. The Balaban J connectivity index is 1.65.